The molecular formula is C33H46N2O3. The topological polar surface area (TPSA) is 63.8 Å². The Kier molecular flexibility index (Phi) is 13.0. The largest absolute Gasteiger partial charge is 0.411 e. The molecule has 38 heavy (non-hydrogen) atoms. The molecule has 0 saturated heterocycles. The van der Waals surface area contributed by atoms with Crippen LogP contribution in [0.5, 0.6) is 0 Å². The Hall–Kier alpha value is -3.08. The van der Waals surface area contributed by atoms with E-state index in [0.29, 0.717) is 12.5 Å². The molecule has 1 heterocycles. The number of rotatable bonds is 18. The van der Waals surface area contributed by atoms with Crippen molar-refractivity contribution in [3.63, 3.8) is 0 Å². The molecule has 3 aromatic rings. The van der Waals surface area contributed by atoms with Gasteiger partial charge in [0.25, 0.3) is 5.56 Å². The third-order valence-electron chi connectivity index (χ3n) is 7.48. The Morgan fingerprint density at radius 1 is 0.842 bits per heavy atom. The molecule has 0 fully saturated rings. The molecule has 5 heteroatoms. The standard InChI is InChI=1S/C33H46N2O3/c1-27(22-23-28(2)34-37)16-11-8-6-4-3-5-7-9-14-19-30-20-15-21-31-24-25-32(36)35(33(30)31)38-26-29-17-12-10-13-18-29/h10,12-13,15,17-18,20-21,24-25,27,37H,3-9,11,14,16,19,22-23,26H2,1-2H3. The van der Waals surface area contributed by atoms with E-state index in [-0.39, 0.29) is 5.56 Å². The lowest BCUT2D eigenvalue weighted by Gasteiger charge is -2.15. The first-order valence-corrected chi connectivity index (χ1v) is 14.6. The first-order valence-electron chi connectivity index (χ1n) is 14.6. The summed E-state index contributed by atoms with van der Waals surface area (Å²) < 4.78 is 1.49. The average molecular weight is 519 g/mol. The molecule has 1 aromatic heterocycles. The second kappa shape index (κ2) is 16.7. The second-order valence-corrected chi connectivity index (χ2v) is 10.8. The fourth-order valence-electron chi connectivity index (χ4n) is 5.07. The summed E-state index contributed by atoms with van der Waals surface area (Å²) in [5, 5.41) is 13.1. The predicted molar refractivity (Wildman–Crippen MR) is 158 cm³/mol. The maximum atomic E-state index is 12.7. The Morgan fingerprint density at radius 2 is 1.53 bits per heavy atom. The van der Waals surface area contributed by atoms with Crippen LogP contribution >= 0.6 is 0 Å². The lowest BCUT2D eigenvalue weighted by atomic mass is 9.96. The van der Waals surface area contributed by atoms with Gasteiger partial charge in [-0.05, 0) is 55.7 Å². The Bertz CT molecular complexity index is 1170. The molecule has 0 aliphatic carbocycles. The van der Waals surface area contributed by atoms with Gasteiger partial charge in [-0.1, -0.05) is 118 Å². The number of hydrogen-bond acceptors (Lipinski definition) is 4. The van der Waals surface area contributed by atoms with Crippen LogP contribution in [0.15, 0.2) is 70.6 Å². The zero-order valence-corrected chi connectivity index (χ0v) is 23.4. The van der Waals surface area contributed by atoms with Crippen molar-refractivity contribution in [1.29, 1.82) is 0 Å². The molecule has 0 amide bonds. The summed E-state index contributed by atoms with van der Waals surface area (Å²) in [4.78, 5) is 18.7. The number of benzene rings is 2. The minimum Gasteiger partial charge on any atom is -0.411 e. The van der Waals surface area contributed by atoms with Gasteiger partial charge in [-0.2, -0.15) is 0 Å². The van der Waals surface area contributed by atoms with E-state index in [1.807, 2.05) is 49.4 Å². The molecule has 3 rings (SSSR count). The smallest absolute Gasteiger partial charge is 0.283 e. The maximum Gasteiger partial charge on any atom is 0.283 e. The van der Waals surface area contributed by atoms with Crippen molar-refractivity contribution in [2.45, 2.75) is 104 Å². The number of pyridine rings is 1. The van der Waals surface area contributed by atoms with Gasteiger partial charge >= 0.3 is 0 Å². The molecule has 1 N–H and O–H groups in total. The highest BCUT2D eigenvalue weighted by molar-refractivity contribution is 5.82. The number of hydrogen-bond donors (Lipinski definition) is 1. The third-order valence-corrected chi connectivity index (χ3v) is 7.48. The van der Waals surface area contributed by atoms with Gasteiger partial charge < -0.3 is 10.0 Å². The molecule has 0 spiro atoms. The maximum absolute atomic E-state index is 12.7. The molecule has 2 aromatic carbocycles. The third kappa shape index (κ3) is 10.00. The Balaban J connectivity index is 1.34. The van der Waals surface area contributed by atoms with E-state index in [4.69, 9.17) is 10.0 Å². The molecule has 1 unspecified atom stereocenters. The number of aryl methyl sites for hydroxylation is 1. The first kappa shape index (κ1) is 29.5. The average Bonchev–Trinajstić information content (AvgIpc) is 2.94. The summed E-state index contributed by atoms with van der Waals surface area (Å²) in [6, 6.07) is 19.7. The van der Waals surface area contributed by atoms with Gasteiger partial charge in [0.05, 0.1) is 11.2 Å². The van der Waals surface area contributed by atoms with Crippen LogP contribution in [-0.4, -0.2) is 15.6 Å². The van der Waals surface area contributed by atoms with Gasteiger partial charge in [-0.3, -0.25) is 4.79 Å². The lowest BCUT2D eigenvalue weighted by molar-refractivity contribution is 0.0990. The molecule has 0 saturated carbocycles. The Morgan fingerprint density at radius 3 is 2.24 bits per heavy atom. The Labute approximate surface area is 228 Å². The molecule has 1 atom stereocenters. The van der Waals surface area contributed by atoms with Crippen molar-refractivity contribution < 1.29 is 10.0 Å². The minimum atomic E-state index is -0.124. The SMILES string of the molecule is CC(CCC(C)CCCCCCCCCCCc1cccc2ccc(=O)n(OCc3ccccc3)c12)=NO. The minimum absolute atomic E-state index is 0.124. The van der Waals surface area contributed by atoms with Crippen LogP contribution in [-0.2, 0) is 13.0 Å². The van der Waals surface area contributed by atoms with Crippen molar-refractivity contribution in [1.82, 2.24) is 4.73 Å². The van der Waals surface area contributed by atoms with E-state index in [1.54, 1.807) is 6.07 Å². The van der Waals surface area contributed by atoms with E-state index in [9.17, 15) is 4.79 Å². The number of nitrogens with zero attached hydrogens (tertiary/aromatic N) is 2. The summed E-state index contributed by atoms with van der Waals surface area (Å²) in [6.07, 6.45) is 15.8. The van der Waals surface area contributed by atoms with E-state index in [2.05, 4.69) is 24.2 Å². The fourth-order valence-corrected chi connectivity index (χ4v) is 5.07. The highest BCUT2D eigenvalue weighted by atomic mass is 16.7. The van der Waals surface area contributed by atoms with Crippen molar-refractivity contribution in [3.8, 4) is 0 Å². The van der Waals surface area contributed by atoms with Crippen LogP contribution in [0.3, 0.4) is 0 Å². The molecule has 0 aliphatic rings. The highest BCUT2D eigenvalue weighted by Gasteiger charge is 2.10. The van der Waals surface area contributed by atoms with Crippen LogP contribution in [0.25, 0.3) is 10.9 Å². The van der Waals surface area contributed by atoms with E-state index >= 15 is 0 Å². The normalized spacial score (nSPS) is 12.6. The van der Waals surface area contributed by atoms with Gasteiger partial charge in [0.1, 0.15) is 6.61 Å². The summed E-state index contributed by atoms with van der Waals surface area (Å²) in [5.41, 5.74) is 3.84. The summed E-state index contributed by atoms with van der Waals surface area (Å²) in [7, 11) is 0. The predicted octanol–water partition coefficient (Wildman–Crippen LogP) is 8.34. The summed E-state index contributed by atoms with van der Waals surface area (Å²) >= 11 is 0. The molecule has 0 radical (unpaired) electrons. The van der Waals surface area contributed by atoms with Crippen LogP contribution < -0.4 is 10.4 Å². The van der Waals surface area contributed by atoms with Gasteiger partial charge in [-0.25, -0.2) is 0 Å². The number of fused-ring (bicyclic) bond motifs is 1. The molecule has 0 aliphatic heterocycles. The van der Waals surface area contributed by atoms with Crippen molar-refractivity contribution >= 4 is 16.6 Å². The monoisotopic (exact) mass is 518 g/mol. The zero-order valence-electron chi connectivity index (χ0n) is 23.4. The quantitative estimate of drug-likeness (QED) is 0.0796. The molecular weight excluding hydrogens is 472 g/mol. The van der Waals surface area contributed by atoms with Gasteiger partial charge in [-0.15, -0.1) is 4.73 Å². The lowest BCUT2D eigenvalue weighted by Crippen LogP contribution is -2.27. The number of unbranched alkanes of at least 4 members (excludes halogenated alkanes) is 8. The second-order valence-electron chi connectivity index (χ2n) is 10.8. The van der Waals surface area contributed by atoms with Crippen molar-refractivity contribution in [2.24, 2.45) is 11.1 Å². The van der Waals surface area contributed by atoms with E-state index in [1.165, 1.54) is 68.1 Å². The van der Waals surface area contributed by atoms with E-state index in [0.717, 1.165) is 47.9 Å². The molecule has 0 bridgehead atoms. The van der Waals surface area contributed by atoms with Crippen LogP contribution in [0, 0.1) is 5.92 Å². The van der Waals surface area contributed by atoms with Crippen molar-refractivity contribution in [2.75, 3.05) is 0 Å². The van der Waals surface area contributed by atoms with Crippen LogP contribution in [0.1, 0.15) is 102 Å². The zero-order chi connectivity index (χ0) is 27.0. The summed E-state index contributed by atoms with van der Waals surface area (Å²) in [6.45, 7) is 4.56. The van der Waals surface area contributed by atoms with Gasteiger partial charge in [0.15, 0.2) is 0 Å². The van der Waals surface area contributed by atoms with Crippen molar-refractivity contribution in [3.05, 3.63) is 82.1 Å². The fraction of sp³-hybridized carbons (Fsp3) is 0.515. The van der Waals surface area contributed by atoms with Crippen LogP contribution in [0.2, 0.25) is 0 Å². The number of para-hydroxylation sites is 1. The summed E-state index contributed by atoms with van der Waals surface area (Å²) in [5.74, 6) is 0.707. The number of aromatic nitrogens is 1. The van der Waals surface area contributed by atoms with Crippen LogP contribution in [0.4, 0.5) is 0 Å². The highest BCUT2D eigenvalue weighted by Crippen LogP contribution is 2.21. The van der Waals surface area contributed by atoms with Gasteiger partial charge in [0.2, 0.25) is 0 Å². The first-order chi connectivity index (χ1) is 18.6. The number of oxime groups is 1. The molecule has 5 nitrogen and oxygen atoms in total. The van der Waals surface area contributed by atoms with Gasteiger partial charge in [0, 0.05) is 11.5 Å². The molecule has 206 valence electrons. The van der Waals surface area contributed by atoms with E-state index < -0.39 is 0 Å².